The predicted octanol–water partition coefficient (Wildman–Crippen LogP) is 1.71. The summed E-state index contributed by atoms with van der Waals surface area (Å²) in [6.07, 6.45) is 0. The van der Waals surface area contributed by atoms with Gasteiger partial charge >= 0.3 is 0 Å². The molecule has 6 heteroatoms. The molecule has 0 saturated carbocycles. The minimum Gasteiger partial charge on any atom is -0.378 e. The molecule has 2 aromatic rings. The van der Waals surface area contributed by atoms with Gasteiger partial charge in [0.15, 0.2) is 0 Å². The topological polar surface area (TPSA) is 58.2 Å². The molecule has 0 aliphatic carbocycles. The van der Waals surface area contributed by atoms with E-state index in [-0.39, 0.29) is 11.6 Å². The molecule has 1 atom stereocenters. The average Bonchev–Trinajstić information content (AvgIpc) is 2.91. The lowest BCUT2D eigenvalue weighted by Crippen LogP contribution is -2.39. The van der Waals surface area contributed by atoms with E-state index < -0.39 is 0 Å². The van der Waals surface area contributed by atoms with Crippen LogP contribution in [0.4, 0.5) is 0 Å². The third kappa shape index (κ3) is 2.98. The van der Waals surface area contributed by atoms with Crippen molar-refractivity contribution in [1.29, 1.82) is 0 Å². The van der Waals surface area contributed by atoms with Crippen molar-refractivity contribution in [3.8, 4) is 0 Å². The van der Waals surface area contributed by atoms with E-state index in [0.717, 1.165) is 25.4 Å². The zero-order valence-electron chi connectivity index (χ0n) is 11.3. The molecule has 0 radical (unpaired) electrons. The van der Waals surface area contributed by atoms with Crippen molar-refractivity contribution in [3.05, 3.63) is 50.3 Å². The van der Waals surface area contributed by atoms with Crippen LogP contribution in [0.3, 0.4) is 0 Å². The molecule has 3 rings (SSSR count). The number of thiophene rings is 1. The molecule has 1 N–H and O–H groups in total. The monoisotopic (exact) mass is 291 g/mol. The summed E-state index contributed by atoms with van der Waals surface area (Å²) < 4.78 is 5.57. The second-order valence-corrected chi connectivity index (χ2v) is 5.73. The fraction of sp³-hybridized carbons (Fsp3) is 0.429. The van der Waals surface area contributed by atoms with E-state index in [0.29, 0.717) is 12.4 Å². The Labute approximate surface area is 121 Å². The number of morpholine rings is 1. The van der Waals surface area contributed by atoms with E-state index in [1.807, 2.05) is 0 Å². The Morgan fingerprint density at radius 3 is 3.25 bits per heavy atom. The van der Waals surface area contributed by atoms with E-state index >= 15 is 0 Å². The lowest BCUT2D eigenvalue weighted by molar-refractivity contribution is -0.0143. The molecule has 2 aromatic heterocycles. The Hall–Kier alpha value is -1.50. The van der Waals surface area contributed by atoms with Crippen LogP contribution in [0.2, 0.25) is 0 Å². The number of nitrogens with one attached hydrogen (secondary N) is 1. The van der Waals surface area contributed by atoms with Crippen LogP contribution < -0.4 is 5.56 Å². The molecule has 0 amide bonds. The second-order valence-electron chi connectivity index (χ2n) is 4.95. The summed E-state index contributed by atoms with van der Waals surface area (Å²) in [7, 11) is 0. The lowest BCUT2D eigenvalue weighted by atomic mass is 10.1. The summed E-state index contributed by atoms with van der Waals surface area (Å²) in [6, 6.07) is 3.75. The van der Waals surface area contributed by atoms with Gasteiger partial charge in [0, 0.05) is 19.2 Å². The number of hydrogen-bond acceptors (Lipinski definition) is 5. The van der Waals surface area contributed by atoms with Gasteiger partial charge in [-0.3, -0.25) is 9.69 Å². The molecule has 0 unspecified atom stereocenters. The number of rotatable bonds is 3. The third-order valence-corrected chi connectivity index (χ3v) is 4.16. The van der Waals surface area contributed by atoms with Crippen LogP contribution >= 0.6 is 11.3 Å². The van der Waals surface area contributed by atoms with Gasteiger partial charge in [-0.15, -0.1) is 0 Å². The molecule has 1 aliphatic rings. The normalized spacial score (nSPS) is 20.1. The van der Waals surface area contributed by atoms with Crippen molar-refractivity contribution < 1.29 is 4.74 Å². The molecule has 1 saturated heterocycles. The van der Waals surface area contributed by atoms with Crippen molar-refractivity contribution in [3.63, 3.8) is 0 Å². The molecule has 0 spiro atoms. The van der Waals surface area contributed by atoms with Crippen molar-refractivity contribution in [2.24, 2.45) is 0 Å². The fourth-order valence-electron chi connectivity index (χ4n) is 2.49. The Bertz CT molecular complexity index is 624. The van der Waals surface area contributed by atoms with Crippen molar-refractivity contribution >= 4 is 11.3 Å². The van der Waals surface area contributed by atoms with Gasteiger partial charge in [0.2, 0.25) is 0 Å². The Morgan fingerprint density at radius 2 is 2.50 bits per heavy atom. The van der Waals surface area contributed by atoms with Gasteiger partial charge in [0.25, 0.3) is 5.56 Å². The molecule has 1 fully saturated rings. The van der Waals surface area contributed by atoms with E-state index in [4.69, 9.17) is 4.74 Å². The van der Waals surface area contributed by atoms with Crippen molar-refractivity contribution in [1.82, 2.24) is 14.9 Å². The third-order valence-electron chi connectivity index (χ3n) is 3.43. The van der Waals surface area contributed by atoms with Crippen LogP contribution in [-0.2, 0) is 11.3 Å². The molecule has 0 bridgehead atoms. The van der Waals surface area contributed by atoms with Crippen molar-refractivity contribution in [2.75, 3.05) is 19.8 Å². The van der Waals surface area contributed by atoms with E-state index in [1.54, 1.807) is 24.3 Å². The number of hydrogen-bond donors (Lipinski definition) is 1. The molecular weight excluding hydrogens is 274 g/mol. The summed E-state index contributed by atoms with van der Waals surface area (Å²) in [4.78, 5) is 21.1. The Kier molecular flexibility index (Phi) is 3.95. The Morgan fingerprint density at radius 1 is 1.60 bits per heavy atom. The maximum Gasteiger partial charge on any atom is 0.251 e. The minimum atomic E-state index is -0.103. The highest BCUT2D eigenvalue weighted by Crippen LogP contribution is 2.24. The highest BCUT2D eigenvalue weighted by atomic mass is 32.1. The zero-order chi connectivity index (χ0) is 13.9. The van der Waals surface area contributed by atoms with Crippen LogP contribution in [-0.4, -0.2) is 34.6 Å². The lowest BCUT2D eigenvalue weighted by Gasteiger charge is -2.35. The van der Waals surface area contributed by atoms with Gasteiger partial charge in [-0.2, -0.15) is 11.3 Å². The predicted molar refractivity (Wildman–Crippen MR) is 77.9 cm³/mol. The van der Waals surface area contributed by atoms with Gasteiger partial charge in [0.05, 0.1) is 24.9 Å². The number of aromatic amines is 1. The number of H-pyrrole nitrogens is 1. The first-order valence-corrected chi connectivity index (χ1v) is 7.57. The highest BCUT2D eigenvalue weighted by Gasteiger charge is 2.26. The van der Waals surface area contributed by atoms with Crippen LogP contribution in [0.15, 0.2) is 27.7 Å². The summed E-state index contributed by atoms with van der Waals surface area (Å²) in [5.41, 5.74) is 1.98. The largest absolute Gasteiger partial charge is 0.378 e. The molecule has 106 valence electrons. The minimum absolute atomic E-state index is 0.0460. The van der Waals surface area contributed by atoms with Crippen molar-refractivity contribution in [2.45, 2.75) is 19.5 Å². The van der Waals surface area contributed by atoms with Gasteiger partial charge in [-0.05, 0) is 29.3 Å². The van der Waals surface area contributed by atoms with Gasteiger partial charge in [0.1, 0.15) is 5.82 Å². The maximum absolute atomic E-state index is 11.6. The Balaban J connectivity index is 1.86. The summed E-state index contributed by atoms with van der Waals surface area (Å²) in [6.45, 7) is 4.83. The molecule has 5 nitrogen and oxygen atoms in total. The summed E-state index contributed by atoms with van der Waals surface area (Å²) in [5.74, 6) is 0.647. The molecule has 0 aromatic carbocycles. The first-order valence-electron chi connectivity index (χ1n) is 6.63. The smallest absolute Gasteiger partial charge is 0.251 e. The van der Waals surface area contributed by atoms with Crippen LogP contribution in [0.1, 0.15) is 23.1 Å². The van der Waals surface area contributed by atoms with Gasteiger partial charge in [-0.25, -0.2) is 4.98 Å². The maximum atomic E-state index is 11.6. The molecule has 1 aliphatic heterocycles. The fourth-order valence-corrected chi connectivity index (χ4v) is 3.15. The molecule has 3 heterocycles. The summed E-state index contributed by atoms with van der Waals surface area (Å²) in [5, 5.41) is 4.24. The van der Waals surface area contributed by atoms with E-state index in [1.165, 1.54) is 5.56 Å². The highest BCUT2D eigenvalue weighted by molar-refractivity contribution is 7.07. The number of aromatic nitrogens is 2. The first kappa shape index (κ1) is 13.5. The van der Waals surface area contributed by atoms with Crippen LogP contribution in [0.25, 0.3) is 0 Å². The van der Waals surface area contributed by atoms with Crippen LogP contribution in [0.5, 0.6) is 0 Å². The number of aryl methyl sites for hydroxylation is 1. The molecule has 20 heavy (non-hydrogen) atoms. The second kappa shape index (κ2) is 5.87. The average molecular weight is 291 g/mol. The van der Waals surface area contributed by atoms with Crippen LogP contribution in [0, 0.1) is 6.92 Å². The first-order chi connectivity index (χ1) is 9.72. The number of nitrogens with zero attached hydrogens (tertiary/aromatic N) is 2. The SMILES string of the molecule is Cc1nc([C@H]2COCCN2Cc2ccsc2)cc(=O)[nH]1. The zero-order valence-corrected chi connectivity index (χ0v) is 12.2. The van der Waals surface area contributed by atoms with Gasteiger partial charge < -0.3 is 9.72 Å². The standard InChI is InChI=1S/C14H17N3O2S/c1-10-15-12(6-14(18)16-10)13-8-19-4-3-17(13)7-11-2-5-20-9-11/h2,5-6,9,13H,3-4,7-8H2,1H3,(H,15,16,18)/t13-/m1/s1. The number of ether oxygens (including phenoxy) is 1. The summed E-state index contributed by atoms with van der Waals surface area (Å²) >= 11 is 1.70. The van der Waals surface area contributed by atoms with E-state index in [2.05, 4.69) is 31.7 Å². The van der Waals surface area contributed by atoms with Gasteiger partial charge in [-0.1, -0.05) is 0 Å². The van der Waals surface area contributed by atoms with E-state index in [9.17, 15) is 4.79 Å². The quantitative estimate of drug-likeness (QED) is 0.935. The molecular formula is C14H17N3O2S.